The molecule has 0 spiro atoms. The van der Waals surface area contributed by atoms with Gasteiger partial charge in [-0.2, -0.15) is 0 Å². The first-order chi connectivity index (χ1) is 5.57. The van der Waals surface area contributed by atoms with Gasteiger partial charge in [0, 0.05) is 13.2 Å². The van der Waals surface area contributed by atoms with Crippen molar-refractivity contribution in [3.8, 4) is 0 Å². The van der Waals surface area contributed by atoms with Gasteiger partial charge in [-0.05, 0) is 25.2 Å². The lowest BCUT2D eigenvalue weighted by Crippen LogP contribution is -2.30. The number of rotatable bonds is 6. The molecule has 0 saturated carbocycles. The van der Waals surface area contributed by atoms with Crippen LogP contribution in [0, 0.1) is 11.8 Å². The number of hydrogen-bond donors (Lipinski definition) is 1. The summed E-state index contributed by atoms with van der Waals surface area (Å²) >= 11 is 0. The summed E-state index contributed by atoms with van der Waals surface area (Å²) in [4.78, 5) is 0. The Morgan fingerprint density at radius 1 is 1.17 bits per heavy atom. The first kappa shape index (κ1) is 11.9. The molecule has 2 heteroatoms. The molecule has 12 heavy (non-hydrogen) atoms. The maximum Gasteiger partial charge on any atom is 0.0963 e. The van der Waals surface area contributed by atoms with Crippen molar-refractivity contribution in [3.05, 3.63) is 0 Å². The van der Waals surface area contributed by atoms with E-state index in [2.05, 4.69) is 33.0 Å². The molecule has 0 bridgehead atoms. The van der Waals surface area contributed by atoms with Gasteiger partial charge in [0.15, 0.2) is 0 Å². The molecular weight excluding hydrogens is 150 g/mol. The Bertz CT molecular complexity index is 104. The van der Waals surface area contributed by atoms with Gasteiger partial charge in [0.2, 0.25) is 0 Å². The molecule has 1 N–H and O–H groups in total. The van der Waals surface area contributed by atoms with Crippen LogP contribution in [0.2, 0.25) is 0 Å². The Morgan fingerprint density at radius 3 is 2.17 bits per heavy atom. The van der Waals surface area contributed by atoms with E-state index in [9.17, 15) is 0 Å². The number of ether oxygens (including phenoxy) is 1. The molecule has 0 saturated heterocycles. The van der Waals surface area contributed by atoms with E-state index < -0.39 is 0 Å². The van der Waals surface area contributed by atoms with E-state index in [1.54, 1.807) is 7.11 Å². The molecule has 0 rings (SSSR count). The molecule has 0 amide bonds. The average Bonchev–Trinajstić information content (AvgIpc) is 2.00. The second-order valence-corrected chi connectivity index (χ2v) is 4.00. The highest BCUT2D eigenvalue weighted by Crippen LogP contribution is 2.15. The number of hydrogen-bond acceptors (Lipinski definition) is 2. The molecule has 0 aromatic rings. The lowest BCUT2D eigenvalue weighted by molar-refractivity contribution is 0.158. The lowest BCUT2D eigenvalue weighted by Gasteiger charge is -2.20. The summed E-state index contributed by atoms with van der Waals surface area (Å²) in [6.45, 7) is 9.71. The standard InChI is InChI=1S/C10H23NO/c1-8(2)9(3)6-10(4)11-7-12-5/h8-11H,6-7H2,1-5H3. The van der Waals surface area contributed by atoms with Gasteiger partial charge >= 0.3 is 0 Å². The van der Waals surface area contributed by atoms with Crippen molar-refractivity contribution in [1.29, 1.82) is 0 Å². The third kappa shape index (κ3) is 5.56. The Morgan fingerprint density at radius 2 is 1.75 bits per heavy atom. The zero-order chi connectivity index (χ0) is 9.56. The second kappa shape index (κ2) is 6.44. The predicted molar refractivity (Wildman–Crippen MR) is 53.1 cm³/mol. The number of methoxy groups -OCH3 is 1. The van der Waals surface area contributed by atoms with E-state index >= 15 is 0 Å². The molecule has 74 valence electrons. The SMILES string of the molecule is COCNC(C)CC(C)C(C)C. The largest absolute Gasteiger partial charge is 0.370 e. The van der Waals surface area contributed by atoms with Gasteiger partial charge < -0.3 is 4.74 Å². The van der Waals surface area contributed by atoms with Crippen molar-refractivity contribution in [1.82, 2.24) is 5.32 Å². The molecule has 0 radical (unpaired) electrons. The fourth-order valence-electron chi connectivity index (χ4n) is 1.14. The van der Waals surface area contributed by atoms with Crippen molar-refractivity contribution in [2.45, 2.75) is 40.2 Å². The van der Waals surface area contributed by atoms with Gasteiger partial charge in [0.1, 0.15) is 0 Å². The van der Waals surface area contributed by atoms with Crippen LogP contribution in [0.3, 0.4) is 0 Å². The lowest BCUT2D eigenvalue weighted by atomic mass is 9.92. The van der Waals surface area contributed by atoms with Crippen LogP contribution >= 0.6 is 0 Å². The van der Waals surface area contributed by atoms with Gasteiger partial charge in [-0.15, -0.1) is 0 Å². The third-order valence-corrected chi connectivity index (χ3v) is 2.44. The van der Waals surface area contributed by atoms with Gasteiger partial charge in [0.25, 0.3) is 0 Å². The minimum atomic E-state index is 0.558. The Hall–Kier alpha value is -0.0800. The molecule has 0 aromatic carbocycles. The first-order valence-corrected chi connectivity index (χ1v) is 4.80. The fourth-order valence-corrected chi connectivity index (χ4v) is 1.14. The maximum atomic E-state index is 4.94. The van der Waals surface area contributed by atoms with Crippen LogP contribution in [0.25, 0.3) is 0 Å². The van der Waals surface area contributed by atoms with E-state index in [-0.39, 0.29) is 0 Å². The molecule has 2 nitrogen and oxygen atoms in total. The zero-order valence-corrected chi connectivity index (χ0v) is 9.05. The molecule has 0 aliphatic heterocycles. The summed E-state index contributed by atoms with van der Waals surface area (Å²) in [6.07, 6.45) is 1.22. The zero-order valence-electron chi connectivity index (χ0n) is 9.05. The summed E-state index contributed by atoms with van der Waals surface area (Å²) in [5, 5.41) is 3.30. The monoisotopic (exact) mass is 173 g/mol. The second-order valence-electron chi connectivity index (χ2n) is 4.00. The summed E-state index contributed by atoms with van der Waals surface area (Å²) in [6, 6.07) is 0.558. The van der Waals surface area contributed by atoms with Crippen molar-refractivity contribution >= 4 is 0 Å². The van der Waals surface area contributed by atoms with Crippen molar-refractivity contribution in [3.63, 3.8) is 0 Å². The molecule has 2 atom stereocenters. The summed E-state index contributed by atoms with van der Waals surface area (Å²) in [5.41, 5.74) is 0. The summed E-state index contributed by atoms with van der Waals surface area (Å²) in [5.74, 6) is 1.56. The fraction of sp³-hybridized carbons (Fsp3) is 1.00. The summed E-state index contributed by atoms with van der Waals surface area (Å²) in [7, 11) is 1.71. The minimum absolute atomic E-state index is 0.558. The minimum Gasteiger partial charge on any atom is -0.370 e. The third-order valence-electron chi connectivity index (χ3n) is 2.44. The first-order valence-electron chi connectivity index (χ1n) is 4.80. The average molecular weight is 173 g/mol. The predicted octanol–water partition coefficient (Wildman–Crippen LogP) is 2.25. The highest BCUT2D eigenvalue weighted by atomic mass is 16.5. The van der Waals surface area contributed by atoms with Gasteiger partial charge in [-0.1, -0.05) is 20.8 Å². The molecule has 0 aliphatic carbocycles. The Kier molecular flexibility index (Phi) is 6.39. The van der Waals surface area contributed by atoms with E-state index in [1.807, 2.05) is 0 Å². The van der Waals surface area contributed by atoms with E-state index in [0.29, 0.717) is 12.8 Å². The molecule has 0 heterocycles. The van der Waals surface area contributed by atoms with E-state index in [1.165, 1.54) is 6.42 Å². The van der Waals surface area contributed by atoms with Crippen LogP contribution in [0.1, 0.15) is 34.1 Å². The Labute approximate surface area is 76.7 Å². The van der Waals surface area contributed by atoms with E-state index in [4.69, 9.17) is 4.74 Å². The van der Waals surface area contributed by atoms with Crippen LogP contribution in [0.15, 0.2) is 0 Å². The van der Waals surface area contributed by atoms with Gasteiger partial charge in [-0.3, -0.25) is 5.32 Å². The molecule has 0 aromatic heterocycles. The Balaban J connectivity index is 3.47. The highest BCUT2D eigenvalue weighted by molar-refractivity contribution is 4.65. The topological polar surface area (TPSA) is 21.3 Å². The molecule has 0 aliphatic rings. The molecule has 2 unspecified atom stereocenters. The molecular formula is C10H23NO. The maximum absolute atomic E-state index is 4.94. The van der Waals surface area contributed by atoms with Crippen LogP contribution in [-0.4, -0.2) is 19.9 Å². The van der Waals surface area contributed by atoms with Crippen molar-refractivity contribution in [2.75, 3.05) is 13.8 Å². The van der Waals surface area contributed by atoms with Crippen LogP contribution < -0.4 is 5.32 Å². The smallest absolute Gasteiger partial charge is 0.0963 e. The quantitative estimate of drug-likeness (QED) is 0.622. The van der Waals surface area contributed by atoms with Crippen LogP contribution in [0.5, 0.6) is 0 Å². The van der Waals surface area contributed by atoms with Crippen molar-refractivity contribution < 1.29 is 4.74 Å². The normalized spacial score (nSPS) is 16.5. The number of nitrogens with one attached hydrogen (secondary N) is 1. The summed E-state index contributed by atoms with van der Waals surface area (Å²) < 4.78 is 4.94. The van der Waals surface area contributed by atoms with Crippen LogP contribution in [-0.2, 0) is 4.74 Å². The van der Waals surface area contributed by atoms with Gasteiger partial charge in [0.05, 0.1) is 6.73 Å². The van der Waals surface area contributed by atoms with E-state index in [0.717, 1.165) is 11.8 Å². The van der Waals surface area contributed by atoms with Crippen molar-refractivity contribution in [2.24, 2.45) is 11.8 Å². The molecule has 0 fully saturated rings. The van der Waals surface area contributed by atoms with Crippen LogP contribution in [0.4, 0.5) is 0 Å². The highest BCUT2D eigenvalue weighted by Gasteiger charge is 2.10. The van der Waals surface area contributed by atoms with Gasteiger partial charge in [-0.25, -0.2) is 0 Å².